The highest BCUT2D eigenvalue weighted by Crippen LogP contribution is 2.31. The van der Waals surface area contributed by atoms with E-state index in [1.165, 1.54) is 0 Å². The lowest BCUT2D eigenvalue weighted by atomic mass is 9.95. The molecule has 0 saturated heterocycles. The van der Waals surface area contributed by atoms with Gasteiger partial charge in [-0.3, -0.25) is 10.3 Å². The summed E-state index contributed by atoms with van der Waals surface area (Å²) in [5.74, 6) is 0.994. The summed E-state index contributed by atoms with van der Waals surface area (Å²) in [7, 11) is 1.65. The van der Waals surface area contributed by atoms with Crippen LogP contribution >= 0.6 is 0 Å². The van der Waals surface area contributed by atoms with Gasteiger partial charge in [-0.2, -0.15) is 0 Å². The van der Waals surface area contributed by atoms with Gasteiger partial charge in [-0.15, -0.1) is 0 Å². The summed E-state index contributed by atoms with van der Waals surface area (Å²) in [6.45, 7) is 0. The number of phenolic OH excluding ortho intramolecular Hbond substituents is 1. The average Bonchev–Trinajstić information content (AvgIpc) is 3.30. The number of phenols is 1. The number of aromatic nitrogens is 2. The molecule has 0 aliphatic heterocycles. The molecule has 0 bridgehead atoms. The summed E-state index contributed by atoms with van der Waals surface area (Å²) in [4.78, 5) is 7.97. The molecule has 2 atom stereocenters. The lowest BCUT2D eigenvalue weighted by Crippen LogP contribution is -2.36. The van der Waals surface area contributed by atoms with Crippen LogP contribution in [0.4, 0.5) is 0 Å². The number of H-pyrrole nitrogens is 1. The van der Waals surface area contributed by atoms with Crippen molar-refractivity contribution in [2.45, 2.75) is 25.1 Å². The molecule has 0 aliphatic rings. The number of rotatable bonds is 9. The maximum atomic E-state index is 11.2. The highest BCUT2D eigenvalue weighted by Gasteiger charge is 2.22. The van der Waals surface area contributed by atoms with Crippen LogP contribution in [0.5, 0.6) is 11.5 Å². The first-order valence-electron chi connectivity index (χ1n) is 12.0. The zero-order valence-electron chi connectivity index (χ0n) is 20.1. The van der Waals surface area contributed by atoms with Crippen molar-refractivity contribution in [3.05, 3.63) is 114 Å². The number of pyridine rings is 1. The van der Waals surface area contributed by atoms with E-state index < -0.39 is 6.23 Å². The van der Waals surface area contributed by atoms with Gasteiger partial charge in [0.2, 0.25) is 0 Å². The van der Waals surface area contributed by atoms with E-state index in [4.69, 9.17) is 9.72 Å². The number of methoxy groups -OCH3 is 1. The van der Waals surface area contributed by atoms with E-state index in [1.54, 1.807) is 25.4 Å². The molecule has 1 unspecified atom stereocenters. The van der Waals surface area contributed by atoms with Crippen molar-refractivity contribution in [3.8, 4) is 22.6 Å². The molecular formula is C30H29N3O3. The second-order valence-electron chi connectivity index (χ2n) is 8.84. The van der Waals surface area contributed by atoms with Gasteiger partial charge in [0.15, 0.2) is 0 Å². The van der Waals surface area contributed by atoms with E-state index in [0.29, 0.717) is 12.8 Å². The molecule has 6 heteroatoms. The minimum Gasteiger partial charge on any atom is -0.508 e. The number of fused-ring (bicyclic) bond motifs is 1. The van der Waals surface area contributed by atoms with Gasteiger partial charge >= 0.3 is 0 Å². The van der Waals surface area contributed by atoms with Crippen molar-refractivity contribution in [1.82, 2.24) is 15.3 Å². The van der Waals surface area contributed by atoms with Crippen LogP contribution in [0.2, 0.25) is 0 Å². The quantitative estimate of drug-likeness (QED) is 0.213. The molecule has 0 radical (unpaired) electrons. The predicted octanol–water partition coefficient (Wildman–Crippen LogP) is 5.38. The number of ether oxygens (including phenoxy) is 1. The Balaban J connectivity index is 1.46. The molecule has 5 rings (SSSR count). The Bertz CT molecular complexity index is 1430. The summed E-state index contributed by atoms with van der Waals surface area (Å²) in [5.41, 5.74) is 5.88. The van der Waals surface area contributed by atoms with Crippen LogP contribution in [0.25, 0.3) is 22.0 Å². The van der Waals surface area contributed by atoms with Crippen molar-refractivity contribution < 1.29 is 14.9 Å². The SMILES string of the molecule is COc1ccc(-c2cccnc2[C@@H](Cc2ccccc2)NC(O)Cc2c[nH]c3ccc(O)cc23)cc1. The van der Waals surface area contributed by atoms with Crippen molar-refractivity contribution in [3.63, 3.8) is 0 Å². The molecule has 0 aliphatic carbocycles. The zero-order valence-corrected chi connectivity index (χ0v) is 20.1. The van der Waals surface area contributed by atoms with Crippen molar-refractivity contribution in [2.24, 2.45) is 0 Å². The van der Waals surface area contributed by atoms with Gasteiger partial charge in [-0.1, -0.05) is 48.5 Å². The standard InChI is InChI=1S/C30H29N3O3/c1-36-24-12-9-21(10-13-24)25-8-5-15-31-30(25)28(16-20-6-3-2-4-7-20)33-29(35)17-22-19-32-27-14-11-23(34)18-26(22)27/h2-15,18-19,28-29,32-35H,16-17H2,1H3/t28-,29?/m1/s1. The molecule has 0 spiro atoms. The molecule has 0 saturated carbocycles. The topological polar surface area (TPSA) is 90.4 Å². The summed E-state index contributed by atoms with van der Waals surface area (Å²) < 4.78 is 5.32. The molecule has 4 N–H and O–H groups in total. The largest absolute Gasteiger partial charge is 0.508 e. The fourth-order valence-corrected chi connectivity index (χ4v) is 4.63. The van der Waals surface area contributed by atoms with E-state index in [0.717, 1.165) is 44.6 Å². The maximum absolute atomic E-state index is 11.2. The summed E-state index contributed by atoms with van der Waals surface area (Å²) in [6.07, 6.45) is 3.87. The molecule has 3 aromatic carbocycles. The van der Waals surface area contributed by atoms with Crippen molar-refractivity contribution in [1.29, 1.82) is 0 Å². The first kappa shape index (κ1) is 23.6. The molecule has 6 nitrogen and oxygen atoms in total. The Labute approximate surface area is 210 Å². The number of aliphatic hydroxyl groups excluding tert-OH is 1. The monoisotopic (exact) mass is 479 g/mol. The number of hydrogen-bond donors (Lipinski definition) is 4. The second-order valence-corrected chi connectivity index (χ2v) is 8.84. The predicted molar refractivity (Wildman–Crippen MR) is 142 cm³/mol. The molecule has 0 fully saturated rings. The number of nitrogens with one attached hydrogen (secondary N) is 2. The Morgan fingerprint density at radius 1 is 0.944 bits per heavy atom. The molecule has 182 valence electrons. The van der Waals surface area contributed by atoms with Crippen molar-refractivity contribution >= 4 is 10.9 Å². The number of aromatic amines is 1. The summed E-state index contributed by atoms with van der Waals surface area (Å²) in [6, 6.07) is 27.1. The van der Waals surface area contributed by atoms with E-state index in [-0.39, 0.29) is 11.8 Å². The van der Waals surface area contributed by atoms with Gasteiger partial charge in [-0.05, 0) is 59.5 Å². The van der Waals surface area contributed by atoms with Gasteiger partial charge in [0.25, 0.3) is 0 Å². The molecular weight excluding hydrogens is 450 g/mol. The molecule has 36 heavy (non-hydrogen) atoms. The van der Waals surface area contributed by atoms with Gasteiger partial charge in [0.1, 0.15) is 17.7 Å². The normalized spacial score (nSPS) is 12.9. The Kier molecular flexibility index (Phi) is 6.98. The number of aromatic hydroxyl groups is 1. The average molecular weight is 480 g/mol. The number of nitrogens with zero attached hydrogens (tertiary/aromatic N) is 1. The van der Waals surface area contributed by atoms with Crippen LogP contribution < -0.4 is 10.1 Å². The third-order valence-corrected chi connectivity index (χ3v) is 6.41. The Hall–Kier alpha value is -4.13. The number of aliphatic hydroxyl groups is 1. The zero-order chi connectivity index (χ0) is 24.9. The van der Waals surface area contributed by atoms with Gasteiger partial charge < -0.3 is 19.9 Å². The molecule has 2 aromatic heterocycles. The number of hydrogen-bond acceptors (Lipinski definition) is 5. The van der Waals surface area contributed by atoms with Crippen LogP contribution in [-0.4, -0.2) is 33.5 Å². The Morgan fingerprint density at radius 2 is 1.75 bits per heavy atom. The van der Waals surface area contributed by atoms with Crippen molar-refractivity contribution in [2.75, 3.05) is 7.11 Å². The smallest absolute Gasteiger partial charge is 0.118 e. The highest BCUT2D eigenvalue weighted by atomic mass is 16.5. The number of benzene rings is 3. The first-order chi connectivity index (χ1) is 17.6. The van der Waals surface area contributed by atoms with Crippen LogP contribution in [0.1, 0.15) is 22.9 Å². The van der Waals surface area contributed by atoms with Gasteiger partial charge in [0.05, 0.1) is 18.8 Å². The van der Waals surface area contributed by atoms with E-state index in [9.17, 15) is 10.2 Å². The van der Waals surface area contributed by atoms with E-state index in [2.05, 4.69) is 28.5 Å². The van der Waals surface area contributed by atoms with E-state index >= 15 is 0 Å². The lowest BCUT2D eigenvalue weighted by molar-refractivity contribution is 0.121. The van der Waals surface area contributed by atoms with E-state index in [1.807, 2.05) is 60.8 Å². The molecule has 5 aromatic rings. The Morgan fingerprint density at radius 3 is 2.53 bits per heavy atom. The van der Waals surface area contributed by atoms with Gasteiger partial charge in [-0.25, -0.2) is 0 Å². The highest BCUT2D eigenvalue weighted by molar-refractivity contribution is 5.84. The van der Waals surface area contributed by atoms with Crippen LogP contribution in [0.3, 0.4) is 0 Å². The minimum absolute atomic E-state index is 0.199. The summed E-state index contributed by atoms with van der Waals surface area (Å²) >= 11 is 0. The first-order valence-corrected chi connectivity index (χ1v) is 12.0. The minimum atomic E-state index is -0.828. The van der Waals surface area contributed by atoms with Crippen LogP contribution in [0, 0.1) is 0 Å². The third kappa shape index (κ3) is 5.25. The third-order valence-electron chi connectivity index (χ3n) is 6.41. The van der Waals surface area contributed by atoms with Gasteiger partial charge in [0, 0.05) is 35.3 Å². The lowest BCUT2D eigenvalue weighted by Gasteiger charge is -2.24. The fraction of sp³-hybridized carbons (Fsp3) is 0.167. The van der Waals surface area contributed by atoms with Crippen LogP contribution in [0.15, 0.2) is 97.3 Å². The summed E-state index contributed by atoms with van der Waals surface area (Å²) in [5, 5.41) is 25.4. The maximum Gasteiger partial charge on any atom is 0.118 e. The van der Waals surface area contributed by atoms with Crippen LogP contribution in [-0.2, 0) is 12.8 Å². The molecule has 2 heterocycles. The second kappa shape index (κ2) is 10.6. The fourth-order valence-electron chi connectivity index (χ4n) is 4.63. The molecule has 0 amide bonds.